The van der Waals surface area contributed by atoms with Crippen molar-refractivity contribution >= 4 is 17.6 Å². The number of aromatic nitrogens is 2. The van der Waals surface area contributed by atoms with Crippen molar-refractivity contribution in [2.75, 3.05) is 5.32 Å². The van der Waals surface area contributed by atoms with Gasteiger partial charge in [0.05, 0.1) is 11.6 Å². The number of hydrogen-bond donors (Lipinski definition) is 2. The number of anilines is 1. The van der Waals surface area contributed by atoms with Crippen LogP contribution in [0, 0.1) is 13.8 Å². The van der Waals surface area contributed by atoms with Gasteiger partial charge in [0, 0.05) is 24.4 Å². The normalized spacial score (nSPS) is 12.2. The third kappa shape index (κ3) is 5.93. The number of amides is 2. The summed E-state index contributed by atoms with van der Waals surface area (Å²) < 4.78 is 40.7. The van der Waals surface area contributed by atoms with Crippen LogP contribution in [0.15, 0.2) is 24.4 Å². The Morgan fingerprint density at radius 3 is 2.43 bits per heavy atom. The number of carbonyl (C=O) groups is 2. The van der Waals surface area contributed by atoms with E-state index in [-0.39, 0.29) is 17.0 Å². The van der Waals surface area contributed by atoms with Gasteiger partial charge in [-0.05, 0) is 44.5 Å². The molecule has 0 aliphatic rings. The molecule has 0 saturated carbocycles. The Kier molecular flexibility index (Phi) is 6.22. The number of nitrogens with zero attached hydrogens (tertiary/aromatic N) is 2. The van der Waals surface area contributed by atoms with Crippen LogP contribution in [-0.4, -0.2) is 28.1 Å². The summed E-state index contributed by atoms with van der Waals surface area (Å²) in [6.45, 7) is 6.19. The Morgan fingerprint density at radius 2 is 1.86 bits per heavy atom. The summed E-state index contributed by atoms with van der Waals surface area (Å²) in [6, 6.07) is 4.19. The smallest absolute Gasteiger partial charge is 0.388 e. The van der Waals surface area contributed by atoms with E-state index in [1.165, 1.54) is 19.9 Å². The number of hydrogen-bond acceptors (Lipinski definition) is 5. The second-order valence-electron chi connectivity index (χ2n) is 6.20. The first-order chi connectivity index (χ1) is 12.9. The highest BCUT2D eigenvalue weighted by atomic mass is 19.4. The zero-order valence-corrected chi connectivity index (χ0v) is 15.6. The van der Waals surface area contributed by atoms with E-state index in [4.69, 9.17) is 0 Å². The highest BCUT2D eigenvalue weighted by Crippen LogP contribution is 2.24. The molecule has 10 heteroatoms. The number of halogens is 3. The summed E-state index contributed by atoms with van der Waals surface area (Å²) in [7, 11) is 0. The number of alkyl halides is 3. The van der Waals surface area contributed by atoms with Crippen molar-refractivity contribution in [1.29, 1.82) is 0 Å². The van der Waals surface area contributed by atoms with Gasteiger partial charge in [-0.2, -0.15) is 0 Å². The molecular formula is C18H19F3N4O3. The molecule has 0 aliphatic carbocycles. The van der Waals surface area contributed by atoms with E-state index in [2.05, 4.69) is 25.3 Å². The van der Waals surface area contributed by atoms with Gasteiger partial charge in [-0.25, -0.2) is 9.97 Å². The molecule has 7 nitrogen and oxygen atoms in total. The molecule has 2 rings (SSSR count). The van der Waals surface area contributed by atoms with Crippen molar-refractivity contribution in [3.05, 3.63) is 46.8 Å². The van der Waals surface area contributed by atoms with Gasteiger partial charge in [-0.3, -0.25) is 9.59 Å². The lowest BCUT2D eigenvalue weighted by Crippen LogP contribution is -2.27. The lowest BCUT2D eigenvalue weighted by molar-refractivity contribution is -0.276. The van der Waals surface area contributed by atoms with Gasteiger partial charge >= 0.3 is 6.36 Å². The van der Waals surface area contributed by atoms with Crippen LogP contribution in [0.1, 0.15) is 47.1 Å². The van der Waals surface area contributed by atoms with E-state index in [1.54, 1.807) is 26.0 Å². The molecule has 2 heterocycles. The largest absolute Gasteiger partial charge is 0.574 e. The molecule has 28 heavy (non-hydrogen) atoms. The monoisotopic (exact) mass is 396 g/mol. The zero-order valence-electron chi connectivity index (χ0n) is 15.6. The summed E-state index contributed by atoms with van der Waals surface area (Å²) in [5, 5.41) is 5.31. The van der Waals surface area contributed by atoms with Crippen LogP contribution >= 0.6 is 0 Å². The third-order valence-electron chi connectivity index (χ3n) is 3.63. The molecule has 2 aromatic rings. The predicted octanol–water partition coefficient (Wildman–Crippen LogP) is 3.44. The summed E-state index contributed by atoms with van der Waals surface area (Å²) in [6.07, 6.45) is -3.85. The number of ether oxygens (including phenoxy) is 1. The van der Waals surface area contributed by atoms with Crippen molar-refractivity contribution in [3.63, 3.8) is 0 Å². The maximum atomic E-state index is 12.4. The number of rotatable bonds is 5. The molecule has 2 aromatic heterocycles. The molecular weight excluding hydrogens is 377 g/mol. The minimum Gasteiger partial charge on any atom is -0.388 e. The van der Waals surface area contributed by atoms with Crippen molar-refractivity contribution < 1.29 is 27.5 Å². The van der Waals surface area contributed by atoms with Gasteiger partial charge in [0.1, 0.15) is 5.82 Å². The fourth-order valence-corrected chi connectivity index (χ4v) is 2.46. The topological polar surface area (TPSA) is 93.2 Å². The number of nitrogens with one attached hydrogen (secondary N) is 2. The Hall–Kier alpha value is -3.17. The fraction of sp³-hybridized carbons (Fsp3) is 0.333. The first-order valence-electron chi connectivity index (χ1n) is 8.24. The standard InChI is InChI=1S/C18H19F3N4O3/c1-9-5-14(8-22-17(9)28-18(19,20)21)16(27)24-11(3)13-6-10(2)23-15(7-13)25-12(4)26/h5-8,11H,1-4H3,(H,24,27)(H,23,25,26). The minimum atomic E-state index is -4.86. The highest BCUT2D eigenvalue weighted by Gasteiger charge is 2.32. The first-order valence-corrected chi connectivity index (χ1v) is 8.24. The van der Waals surface area contributed by atoms with Crippen LogP contribution in [0.4, 0.5) is 19.0 Å². The molecule has 0 radical (unpaired) electrons. The van der Waals surface area contributed by atoms with E-state index in [1.807, 2.05) is 0 Å². The van der Waals surface area contributed by atoms with Crippen LogP contribution in [0.3, 0.4) is 0 Å². The van der Waals surface area contributed by atoms with Gasteiger partial charge < -0.3 is 15.4 Å². The van der Waals surface area contributed by atoms with Crippen LogP contribution in [-0.2, 0) is 4.79 Å². The van der Waals surface area contributed by atoms with E-state index >= 15 is 0 Å². The van der Waals surface area contributed by atoms with Gasteiger partial charge in [-0.1, -0.05) is 0 Å². The van der Waals surface area contributed by atoms with Crippen LogP contribution in [0.2, 0.25) is 0 Å². The third-order valence-corrected chi connectivity index (χ3v) is 3.63. The maximum Gasteiger partial charge on any atom is 0.574 e. The van der Waals surface area contributed by atoms with Crippen molar-refractivity contribution in [2.24, 2.45) is 0 Å². The van der Waals surface area contributed by atoms with Crippen molar-refractivity contribution in [1.82, 2.24) is 15.3 Å². The zero-order chi connectivity index (χ0) is 21.1. The summed E-state index contributed by atoms with van der Waals surface area (Å²) in [5.74, 6) is -1.04. The SMILES string of the molecule is CC(=O)Nc1cc(C(C)NC(=O)c2cnc(OC(F)(F)F)c(C)c2)cc(C)n1. The summed E-state index contributed by atoms with van der Waals surface area (Å²) >= 11 is 0. The van der Waals surface area contributed by atoms with Gasteiger partial charge in [-0.15, -0.1) is 13.2 Å². The Balaban J connectivity index is 2.15. The molecule has 150 valence electrons. The summed E-state index contributed by atoms with van der Waals surface area (Å²) in [5.41, 5.74) is 1.51. The lowest BCUT2D eigenvalue weighted by Gasteiger charge is -2.17. The van der Waals surface area contributed by atoms with Crippen LogP contribution < -0.4 is 15.4 Å². The van der Waals surface area contributed by atoms with Gasteiger partial charge in [0.15, 0.2) is 0 Å². The second-order valence-corrected chi connectivity index (χ2v) is 6.20. The molecule has 0 fully saturated rings. The van der Waals surface area contributed by atoms with E-state index in [0.717, 1.165) is 6.20 Å². The van der Waals surface area contributed by atoms with E-state index in [9.17, 15) is 22.8 Å². The van der Waals surface area contributed by atoms with Gasteiger partial charge in [0.2, 0.25) is 11.8 Å². The molecule has 1 unspecified atom stereocenters. The molecule has 2 N–H and O–H groups in total. The molecule has 2 amide bonds. The Morgan fingerprint density at radius 1 is 1.18 bits per heavy atom. The minimum absolute atomic E-state index is 0.0744. The van der Waals surface area contributed by atoms with E-state index < -0.39 is 24.2 Å². The molecule has 0 saturated heterocycles. The maximum absolute atomic E-state index is 12.4. The second kappa shape index (κ2) is 8.24. The molecule has 1 atom stereocenters. The fourth-order valence-electron chi connectivity index (χ4n) is 2.46. The molecule has 0 aliphatic heterocycles. The van der Waals surface area contributed by atoms with Gasteiger partial charge in [0.25, 0.3) is 5.91 Å². The lowest BCUT2D eigenvalue weighted by atomic mass is 10.1. The Labute approximate surface area is 159 Å². The average molecular weight is 396 g/mol. The molecule has 0 spiro atoms. The van der Waals surface area contributed by atoms with Crippen LogP contribution in [0.5, 0.6) is 5.88 Å². The van der Waals surface area contributed by atoms with Crippen molar-refractivity contribution in [2.45, 2.75) is 40.1 Å². The quantitative estimate of drug-likeness (QED) is 0.808. The number of aryl methyl sites for hydroxylation is 2. The van der Waals surface area contributed by atoms with Crippen LogP contribution in [0.25, 0.3) is 0 Å². The van der Waals surface area contributed by atoms with Crippen molar-refractivity contribution in [3.8, 4) is 5.88 Å². The highest BCUT2D eigenvalue weighted by molar-refractivity contribution is 5.94. The molecule has 0 bridgehead atoms. The molecule has 0 aromatic carbocycles. The Bertz CT molecular complexity index is 900. The summed E-state index contributed by atoms with van der Waals surface area (Å²) in [4.78, 5) is 31.4. The predicted molar refractivity (Wildman–Crippen MR) is 94.8 cm³/mol. The average Bonchev–Trinajstić information content (AvgIpc) is 2.54. The number of pyridine rings is 2. The first kappa shape index (κ1) is 21.1. The van der Waals surface area contributed by atoms with E-state index in [0.29, 0.717) is 17.1 Å². The number of carbonyl (C=O) groups excluding carboxylic acids is 2.